The van der Waals surface area contributed by atoms with Gasteiger partial charge in [0.1, 0.15) is 28.5 Å². The Hall–Kier alpha value is -3.09. The molecule has 0 saturated carbocycles. The molecule has 0 unspecified atom stereocenters. The summed E-state index contributed by atoms with van der Waals surface area (Å²) in [4.78, 5) is 11.8. The third-order valence-corrected chi connectivity index (χ3v) is 3.71. The molecular weight excluding hydrogens is 306 g/mol. The van der Waals surface area contributed by atoms with Gasteiger partial charge in [-0.05, 0) is 19.4 Å². The van der Waals surface area contributed by atoms with Crippen LogP contribution in [0.5, 0.6) is 0 Å². The maximum atomic E-state index is 11.8. The zero-order valence-corrected chi connectivity index (χ0v) is 13.6. The SMILES string of the molecule is CC(C)n1nc(-c2cc(Cc3ccccc3)on2)c(C(N)=O)c1N. The highest BCUT2D eigenvalue weighted by Gasteiger charge is 2.24. The van der Waals surface area contributed by atoms with Gasteiger partial charge in [-0.3, -0.25) is 4.79 Å². The van der Waals surface area contributed by atoms with Gasteiger partial charge in [0.25, 0.3) is 5.91 Å². The smallest absolute Gasteiger partial charge is 0.254 e. The highest BCUT2D eigenvalue weighted by molar-refractivity contribution is 6.02. The topological polar surface area (TPSA) is 113 Å². The number of hydrogen-bond donors (Lipinski definition) is 2. The van der Waals surface area contributed by atoms with E-state index >= 15 is 0 Å². The molecule has 4 N–H and O–H groups in total. The molecule has 24 heavy (non-hydrogen) atoms. The molecule has 7 nitrogen and oxygen atoms in total. The minimum absolute atomic E-state index is 0.00691. The molecule has 0 aliphatic heterocycles. The lowest BCUT2D eigenvalue weighted by Crippen LogP contribution is -2.15. The van der Waals surface area contributed by atoms with Gasteiger partial charge in [-0.2, -0.15) is 5.10 Å². The van der Waals surface area contributed by atoms with Gasteiger partial charge in [0.2, 0.25) is 0 Å². The second-order valence-electron chi connectivity index (χ2n) is 5.85. The summed E-state index contributed by atoms with van der Waals surface area (Å²) in [6.07, 6.45) is 0.597. The normalized spacial score (nSPS) is 11.1. The number of carbonyl (C=O) groups is 1. The largest absolute Gasteiger partial charge is 0.383 e. The molecule has 0 radical (unpaired) electrons. The van der Waals surface area contributed by atoms with Crippen molar-refractivity contribution in [1.82, 2.24) is 14.9 Å². The van der Waals surface area contributed by atoms with Crippen LogP contribution in [0.2, 0.25) is 0 Å². The predicted octanol–water partition coefficient (Wildman–Crippen LogP) is 2.39. The van der Waals surface area contributed by atoms with Crippen LogP contribution in [0.3, 0.4) is 0 Å². The van der Waals surface area contributed by atoms with Crippen molar-refractivity contribution in [3.05, 3.63) is 53.3 Å². The van der Waals surface area contributed by atoms with E-state index in [1.165, 1.54) is 0 Å². The number of hydrogen-bond acceptors (Lipinski definition) is 5. The number of nitrogens with two attached hydrogens (primary N) is 2. The predicted molar refractivity (Wildman–Crippen MR) is 90.3 cm³/mol. The number of nitrogens with zero attached hydrogens (tertiary/aromatic N) is 3. The van der Waals surface area contributed by atoms with E-state index in [0.717, 1.165) is 5.56 Å². The molecule has 0 fully saturated rings. The zero-order valence-electron chi connectivity index (χ0n) is 13.6. The molecular formula is C17H19N5O2. The molecule has 2 aromatic heterocycles. The van der Waals surface area contributed by atoms with E-state index in [1.807, 2.05) is 44.2 Å². The minimum atomic E-state index is -0.637. The fraction of sp³-hybridized carbons (Fsp3) is 0.235. The van der Waals surface area contributed by atoms with Crippen LogP contribution in [0.15, 0.2) is 40.9 Å². The van der Waals surface area contributed by atoms with Crippen molar-refractivity contribution in [3.8, 4) is 11.4 Å². The molecule has 7 heteroatoms. The fourth-order valence-electron chi connectivity index (χ4n) is 2.57. The van der Waals surface area contributed by atoms with Crippen LogP contribution in [-0.2, 0) is 6.42 Å². The Morgan fingerprint density at radius 3 is 2.62 bits per heavy atom. The van der Waals surface area contributed by atoms with Crippen LogP contribution in [0, 0.1) is 0 Å². The van der Waals surface area contributed by atoms with Crippen molar-refractivity contribution < 1.29 is 9.32 Å². The molecule has 0 bridgehead atoms. The lowest BCUT2D eigenvalue weighted by molar-refractivity contribution is 0.100. The first-order valence-corrected chi connectivity index (χ1v) is 7.65. The van der Waals surface area contributed by atoms with Crippen LogP contribution >= 0.6 is 0 Å². The summed E-state index contributed by atoms with van der Waals surface area (Å²) < 4.78 is 6.93. The van der Waals surface area contributed by atoms with Gasteiger partial charge in [0, 0.05) is 18.5 Å². The van der Waals surface area contributed by atoms with E-state index in [2.05, 4.69) is 10.3 Å². The van der Waals surface area contributed by atoms with E-state index in [9.17, 15) is 4.79 Å². The molecule has 0 spiro atoms. The first-order chi connectivity index (χ1) is 11.5. The highest BCUT2D eigenvalue weighted by atomic mass is 16.5. The number of carbonyl (C=O) groups excluding carboxylic acids is 1. The van der Waals surface area contributed by atoms with E-state index in [-0.39, 0.29) is 17.4 Å². The van der Waals surface area contributed by atoms with E-state index in [1.54, 1.807) is 10.7 Å². The van der Waals surface area contributed by atoms with Gasteiger partial charge < -0.3 is 16.0 Å². The number of aromatic nitrogens is 3. The number of benzene rings is 1. The summed E-state index contributed by atoms with van der Waals surface area (Å²) in [5.74, 6) is 0.270. The van der Waals surface area contributed by atoms with Gasteiger partial charge in [0.05, 0.1) is 0 Å². The average molecular weight is 325 g/mol. The van der Waals surface area contributed by atoms with E-state index in [0.29, 0.717) is 23.6 Å². The summed E-state index contributed by atoms with van der Waals surface area (Å²) in [5.41, 5.74) is 13.5. The summed E-state index contributed by atoms with van der Waals surface area (Å²) in [6.45, 7) is 3.84. The Kier molecular flexibility index (Phi) is 4.07. The molecule has 0 aliphatic carbocycles. The van der Waals surface area contributed by atoms with Crippen molar-refractivity contribution in [3.63, 3.8) is 0 Å². The first kappa shape index (κ1) is 15.8. The lowest BCUT2D eigenvalue weighted by atomic mass is 10.1. The molecule has 0 aliphatic rings. The standard InChI is InChI=1S/C17H19N5O2/c1-10(2)22-16(18)14(17(19)23)15(20-22)13-9-12(24-21-13)8-11-6-4-3-5-7-11/h3-7,9-10H,8,18H2,1-2H3,(H2,19,23). The molecule has 0 saturated heterocycles. The molecule has 1 aromatic carbocycles. The van der Waals surface area contributed by atoms with Crippen LogP contribution < -0.4 is 11.5 Å². The van der Waals surface area contributed by atoms with Gasteiger partial charge in [-0.25, -0.2) is 4.68 Å². The van der Waals surface area contributed by atoms with Crippen molar-refractivity contribution >= 4 is 11.7 Å². The average Bonchev–Trinajstić information content (AvgIpc) is 3.12. The molecule has 3 aromatic rings. The maximum absolute atomic E-state index is 11.8. The zero-order chi connectivity index (χ0) is 17.3. The molecule has 3 rings (SSSR count). The first-order valence-electron chi connectivity index (χ1n) is 7.65. The fourth-order valence-corrected chi connectivity index (χ4v) is 2.57. The minimum Gasteiger partial charge on any atom is -0.383 e. The number of anilines is 1. The van der Waals surface area contributed by atoms with Gasteiger partial charge in [-0.1, -0.05) is 35.5 Å². The van der Waals surface area contributed by atoms with Crippen molar-refractivity contribution in [2.75, 3.05) is 5.73 Å². The second kappa shape index (κ2) is 6.19. The Balaban J connectivity index is 1.98. The van der Waals surface area contributed by atoms with Crippen molar-refractivity contribution in [2.45, 2.75) is 26.3 Å². The highest BCUT2D eigenvalue weighted by Crippen LogP contribution is 2.29. The Morgan fingerprint density at radius 1 is 1.29 bits per heavy atom. The Labute approximate surface area is 139 Å². The van der Waals surface area contributed by atoms with Crippen molar-refractivity contribution in [2.24, 2.45) is 5.73 Å². The summed E-state index contributed by atoms with van der Waals surface area (Å²) in [6, 6.07) is 11.6. The second-order valence-corrected chi connectivity index (χ2v) is 5.85. The molecule has 1 amide bonds. The summed E-state index contributed by atoms with van der Waals surface area (Å²) >= 11 is 0. The molecule has 2 heterocycles. The number of nitrogen functional groups attached to an aromatic ring is 1. The molecule has 124 valence electrons. The molecule has 0 atom stereocenters. The van der Waals surface area contributed by atoms with E-state index < -0.39 is 5.91 Å². The summed E-state index contributed by atoms with van der Waals surface area (Å²) in [5, 5.41) is 8.41. The Bertz CT molecular complexity index is 864. The maximum Gasteiger partial charge on any atom is 0.254 e. The quantitative estimate of drug-likeness (QED) is 0.747. The Morgan fingerprint density at radius 2 is 2.00 bits per heavy atom. The number of amides is 1. The van der Waals surface area contributed by atoms with Crippen molar-refractivity contribution in [1.29, 1.82) is 0 Å². The van der Waals surface area contributed by atoms with E-state index in [4.69, 9.17) is 16.0 Å². The summed E-state index contributed by atoms with van der Waals surface area (Å²) in [7, 11) is 0. The van der Waals surface area contributed by atoms with Crippen LogP contribution in [0.4, 0.5) is 5.82 Å². The van der Waals surface area contributed by atoms with Crippen LogP contribution in [0.1, 0.15) is 41.6 Å². The lowest BCUT2D eigenvalue weighted by Gasteiger charge is -2.06. The number of primary amides is 1. The van der Waals surface area contributed by atoms with Crippen LogP contribution in [-0.4, -0.2) is 20.8 Å². The van der Waals surface area contributed by atoms with Gasteiger partial charge >= 0.3 is 0 Å². The van der Waals surface area contributed by atoms with Crippen LogP contribution in [0.25, 0.3) is 11.4 Å². The third-order valence-electron chi connectivity index (χ3n) is 3.71. The van der Waals surface area contributed by atoms with Gasteiger partial charge in [-0.15, -0.1) is 0 Å². The monoisotopic (exact) mass is 325 g/mol. The van der Waals surface area contributed by atoms with Gasteiger partial charge in [0.15, 0.2) is 0 Å². The third kappa shape index (κ3) is 2.88. The number of rotatable bonds is 5.